The van der Waals surface area contributed by atoms with E-state index in [0.717, 1.165) is 12.8 Å². The van der Waals surface area contributed by atoms with Crippen molar-refractivity contribution in [2.45, 2.75) is 18.9 Å². The molecule has 1 aromatic carbocycles. The van der Waals surface area contributed by atoms with E-state index >= 15 is 0 Å². The first-order chi connectivity index (χ1) is 7.08. The molecular formula is C10H10BrFN2O. The molecular weight excluding hydrogens is 263 g/mol. The first-order valence-electron chi connectivity index (χ1n) is 4.63. The molecule has 0 unspecified atom stereocenters. The molecule has 3 N–H and O–H groups in total. The summed E-state index contributed by atoms with van der Waals surface area (Å²) in [4.78, 5) is 11.1. The van der Waals surface area contributed by atoms with Crippen molar-refractivity contribution < 1.29 is 9.18 Å². The quantitative estimate of drug-likeness (QED) is 0.887. The fraction of sp³-hybridized carbons (Fsp3) is 0.300. The first kappa shape index (κ1) is 10.4. The fourth-order valence-corrected chi connectivity index (χ4v) is 1.82. The van der Waals surface area contributed by atoms with Crippen molar-refractivity contribution in [2.75, 3.05) is 5.32 Å². The lowest BCUT2D eigenvalue weighted by Crippen LogP contribution is -2.17. The Morgan fingerprint density at radius 3 is 2.73 bits per heavy atom. The maximum absolute atomic E-state index is 13.5. The van der Waals surface area contributed by atoms with Crippen LogP contribution in [0.2, 0.25) is 0 Å². The maximum Gasteiger partial charge on any atom is 0.253 e. The van der Waals surface area contributed by atoms with E-state index in [0.29, 0.717) is 16.2 Å². The molecule has 1 fully saturated rings. The minimum atomic E-state index is -0.747. The van der Waals surface area contributed by atoms with Crippen LogP contribution in [0, 0.1) is 5.82 Å². The number of nitrogens with two attached hydrogens (primary N) is 1. The second-order valence-electron chi connectivity index (χ2n) is 3.59. The van der Waals surface area contributed by atoms with Crippen molar-refractivity contribution in [2.24, 2.45) is 5.73 Å². The first-order valence-corrected chi connectivity index (χ1v) is 5.42. The molecule has 0 heterocycles. The van der Waals surface area contributed by atoms with Gasteiger partial charge in [-0.2, -0.15) is 0 Å². The van der Waals surface area contributed by atoms with E-state index in [1.165, 1.54) is 6.07 Å². The Bertz CT molecular complexity index is 418. The third kappa shape index (κ3) is 2.28. The van der Waals surface area contributed by atoms with Gasteiger partial charge in [-0.3, -0.25) is 4.79 Å². The van der Waals surface area contributed by atoms with Gasteiger partial charge < -0.3 is 11.1 Å². The minimum Gasteiger partial charge on any atom is -0.382 e. The number of anilines is 1. The Labute approximate surface area is 95.0 Å². The molecule has 5 heteroatoms. The normalized spacial score (nSPS) is 15.1. The van der Waals surface area contributed by atoms with E-state index in [-0.39, 0.29) is 5.56 Å². The molecule has 0 aliphatic heterocycles. The summed E-state index contributed by atoms with van der Waals surface area (Å²) in [7, 11) is 0. The predicted molar refractivity (Wildman–Crippen MR) is 59.3 cm³/mol. The number of rotatable bonds is 3. The summed E-state index contributed by atoms with van der Waals surface area (Å²) in [5.41, 5.74) is 5.53. The van der Waals surface area contributed by atoms with Gasteiger partial charge in [-0.25, -0.2) is 4.39 Å². The average Bonchev–Trinajstić information content (AvgIpc) is 2.85. The number of hydrogen-bond donors (Lipinski definition) is 2. The van der Waals surface area contributed by atoms with Crippen LogP contribution in [0.3, 0.4) is 0 Å². The summed E-state index contributed by atoms with van der Waals surface area (Å²) in [6.45, 7) is 0. The highest BCUT2D eigenvalue weighted by atomic mass is 79.9. The van der Waals surface area contributed by atoms with Crippen LogP contribution in [-0.2, 0) is 0 Å². The minimum absolute atomic E-state index is 0.0647. The van der Waals surface area contributed by atoms with E-state index in [9.17, 15) is 9.18 Å². The summed E-state index contributed by atoms with van der Waals surface area (Å²) in [5, 5.41) is 3.08. The van der Waals surface area contributed by atoms with Crippen molar-refractivity contribution in [3.63, 3.8) is 0 Å². The largest absolute Gasteiger partial charge is 0.382 e. The van der Waals surface area contributed by atoms with Crippen LogP contribution >= 0.6 is 15.9 Å². The van der Waals surface area contributed by atoms with Crippen molar-refractivity contribution >= 4 is 27.5 Å². The van der Waals surface area contributed by atoms with Gasteiger partial charge in [-0.05, 0) is 25.0 Å². The molecule has 0 radical (unpaired) electrons. The van der Waals surface area contributed by atoms with E-state index < -0.39 is 11.7 Å². The second kappa shape index (κ2) is 3.81. The van der Waals surface area contributed by atoms with Crippen LogP contribution in [0.4, 0.5) is 10.1 Å². The fourth-order valence-electron chi connectivity index (χ4n) is 1.39. The summed E-state index contributed by atoms with van der Waals surface area (Å²) in [6, 6.07) is 3.25. The summed E-state index contributed by atoms with van der Waals surface area (Å²) >= 11 is 3.17. The monoisotopic (exact) mass is 272 g/mol. The summed E-state index contributed by atoms with van der Waals surface area (Å²) < 4.78 is 14.1. The number of nitrogens with one attached hydrogen (secondary N) is 1. The smallest absolute Gasteiger partial charge is 0.253 e. The number of hydrogen-bond acceptors (Lipinski definition) is 2. The number of primary amides is 1. The number of benzene rings is 1. The molecule has 1 amide bonds. The molecule has 0 spiro atoms. The molecule has 1 aliphatic rings. The lowest BCUT2D eigenvalue weighted by molar-refractivity contribution is 0.0997. The molecule has 0 atom stereocenters. The zero-order valence-electron chi connectivity index (χ0n) is 7.89. The topological polar surface area (TPSA) is 55.1 Å². The molecule has 0 saturated heterocycles. The van der Waals surface area contributed by atoms with Gasteiger partial charge in [-0.1, -0.05) is 15.9 Å². The van der Waals surface area contributed by atoms with Crippen molar-refractivity contribution in [1.82, 2.24) is 0 Å². The van der Waals surface area contributed by atoms with Gasteiger partial charge in [0.1, 0.15) is 5.82 Å². The van der Waals surface area contributed by atoms with Crippen molar-refractivity contribution in [1.29, 1.82) is 0 Å². The predicted octanol–water partition coefficient (Wildman–Crippen LogP) is 2.26. The molecule has 80 valence electrons. The second-order valence-corrected chi connectivity index (χ2v) is 4.51. The third-order valence-corrected chi connectivity index (χ3v) is 2.70. The Kier molecular flexibility index (Phi) is 2.65. The summed E-state index contributed by atoms with van der Waals surface area (Å²) in [5.74, 6) is -1.34. The molecule has 0 aromatic heterocycles. The number of carbonyl (C=O) groups is 1. The summed E-state index contributed by atoms with van der Waals surface area (Å²) in [6.07, 6.45) is 2.10. The number of carbonyl (C=O) groups excluding carboxylic acids is 1. The molecule has 2 rings (SSSR count). The highest BCUT2D eigenvalue weighted by molar-refractivity contribution is 9.10. The van der Waals surface area contributed by atoms with E-state index in [2.05, 4.69) is 21.2 Å². The molecule has 15 heavy (non-hydrogen) atoms. The Morgan fingerprint density at radius 1 is 1.53 bits per heavy atom. The van der Waals surface area contributed by atoms with Crippen molar-refractivity contribution in [3.8, 4) is 0 Å². The van der Waals surface area contributed by atoms with E-state index in [1.54, 1.807) is 6.07 Å². The zero-order chi connectivity index (χ0) is 11.0. The van der Waals surface area contributed by atoms with Gasteiger partial charge in [-0.15, -0.1) is 0 Å². The lowest BCUT2D eigenvalue weighted by Gasteiger charge is -2.10. The van der Waals surface area contributed by atoms with Crippen LogP contribution in [0.5, 0.6) is 0 Å². The van der Waals surface area contributed by atoms with Gasteiger partial charge in [0.05, 0.1) is 11.3 Å². The van der Waals surface area contributed by atoms with Crippen LogP contribution in [-0.4, -0.2) is 11.9 Å². The van der Waals surface area contributed by atoms with Gasteiger partial charge in [0, 0.05) is 10.5 Å². The van der Waals surface area contributed by atoms with Crippen LogP contribution < -0.4 is 11.1 Å². The third-order valence-electron chi connectivity index (χ3n) is 2.24. The van der Waals surface area contributed by atoms with Crippen LogP contribution in [0.25, 0.3) is 0 Å². The zero-order valence-corrected chi connectivity index (χ0v) is 9.47. The SMILES string of the molecule is NC(=O)c1c(F)cc(Br)cc1NC1CC1. The molecule has 1 aliphatic carbocycles. The van der Waals surface area contributed by atoms with Gasteiger partial charge in [0.2, 0.25) is 0 Å². The van der Waals surface area contributed by atoms with Crippen LogP contribution in [0.15, 0.2) is 16.6 Å². The highest BCUT2D eigenvalue weighted by Gasteiger charge is 2.24. The molecule has 3 nitrogen and oxygen atoms in total. The van der Waals surface area contributed by atoms with E-state index in [4.69, 9.17) is 5.73 Å². The average molecular weight is 273 g/mol. The molecule has 1 aromatic rings. The molecule has 1 saturated carbocycles. The maximum atomic E-state index is 13.5. The van der Waals surface area contributed by atoms with Gasteiger partial charge >= 0.3 is 0 Å². The van der Waals surface area contributed by atoms with Crippen LogP contribution in [0.1, 0.15) is 23.2 Å². The standard InChI is InChI=1S/C10H10BrFN2O/c11-5-3-7(12)9(10(13)15)8(4-5)14-6-1-2-6/h3-4,6,14H,1-2H2,(H2,13,15). The van der Waals surface area contributed by atoms with Crippen molar-refractivity contribution in [3.05, 3.63) is 28.0 Å². The van der Waals surface area contributed by atoms with Gasteiger partial charge in [0.25, 0.3) is 5.91 Å². The number of amides is 1. The lowest BCUT2D eigenvalue weighted by atomic mass is 10.1. The van der Waals surface area contributed by atoms with E-state index in [1.807, 2.05) is 0 Å². The Balaban J connectivity index is 2.42. The molecule has 0 bridgehead atoms. The highest BCUT2D eigenvalue weighted by Crippen LogP contribution is 2.30. The Morgan fingerprint density at radius 2 is 2.20 bits per heavy atom. The number of halogens is 2. The Hall–Kier alpha value is -1.10. The van der Waals surface area contributed by atoms with Gasteiger partial charge in [0.15, 0.2) is 0 Å².